The Labute approximate surface area is 94.3 Å². The molecule has 3 rings (SSSR count). The van der Waals surface area contributed by atoms with Crippen molar-refractivity contribution in [2.45, 2.75) is 0 Å². The molecule has 74 valence electrons. The maximum Gasteiger partial charge on any atom is 0.116 e. The topological polar surface area (TPSA) is 51.8 Å². The fraction of sp³-hybridized carbons (Fsp3) is 0. The maximum absolute atomic E-state index is 5.98. The average Bonchev–Trinajstić information content (AvgIpc) is 2.85. The van der Waals surface area contributed by atoms with E-state index in [1.54, 1.807) is 11.3 Å². The highest BCUT2D eigenvalue weighted by atomic mass is 32.1. The summed E-state index contributed by atoms with van der Waals surface area (Å²) in [5.74, 6) is 0. The summed E-state index contributed by atoms with van der Waals surface area (Å²) in [6, 6.07) is 7.94. The third-order valence-corrected chi connectivity index (χ3v) is 3.80. The number of anilines is 1. The lowest BCUT2D eigenvalue weighted by Crippen LogP contribution is -1.89. The van der Waals surface area contributed by atoms with Crippen LogP contribution in [0.15, 0.2) is 29.6 Å². The second kappa shape index (κ2) is 3.29. The molecular formula is C10H7N3S2. The molecule has 0 saturated heterocycles. The van der Waals surface area contributed by atoms with Crippen molar-refractivity contribution in [3.05, 3.63) is 29.6 Å². The normalized spacial score (nSPS) is 10.9. The molecule has 1 aromatic carbocycles. The number of aromatic nitrogens is 2. The van der Waals surface area contributed by atoms with Gasteiger partial charge in [-0.3, -0.25) is 0 Å². The Bertz CT molecular complexity index is 598. The molecule has 3 aromatic rings. The van der Waals surface area contributed by atoms with Gasteiger partial charge in [0.25, 0.3) is 0 Å². The molecule has 0 fully saturated rings. The Morgan fingerprint density at radius 1 is 1.20 bits per heavy atom. The zero-order valence-electron chi connectivity index (χ0n) is 7.68. The van der Waals surface area contributed by atoms with Crippen LogP contribution in [0.5, 0.6) is 0 Å². The van der Waals surface area contributed by atoms with Gasteiger partial charge in [0, 0.05) is 16.1 Å². The first kappa shape index (κ1) is 8.82. The first-order chi connectivity index (χ1) is 7.36. The minimum Gasteiger partial charge on any atom is -0.398 e. The van der Waals surface area contributed by atoms with E-state index < -0.39 is 0 Å². The van der Waals surface area contributed by atoms with Crippen molar-refractivity contribution >= 4 is 38.8 Å². The zero-order valence-corrected chi connectivity index (χ0v) is 9.31. The highest BCUT2D eigenvalue weighted by Gasteiger charge is 2.11. The van der Waals surface area contributed by atoms with Crippen LogP contribution in [0, 0.1) is 0 Å². The molecule has 2 heterocycles. The molecule has 0 atom stereocenters. The van der Waals surface area contributed by atoms with E-state index >= 15 is 0 Å². The number of nitrogen functional groups attached to an aromatic ring is 1. The van der Waals surface area contributed by atoms with Crippen LogP contribution in [0.25, 0.3) is 20.7 Å². The van der Waals surface area contributed by atoms with Crippen molar-refractivity contribution in [2.75, 3.05) is 5.73 Å². The summed E-state index contributed by atoms with van der Waals surface area (Å²) < 4.78 is 5.03. The number of thiophene rings is 1. The Morgan fingerprint density at radius 2 is 2.13 bits per heavy atom. The smallest absolute Gasteiger partial charge is 0.116 e. The molecule has 0 aliphatic heterocycles. The first-order valence-corrected chi connectivity index (χ1v) is 6.06. The molecule has 0 spiro atoms. The molecule has 0 bridgehead atoms. The lowest BCUT2D eigenvalue weighted by atomic mass is 10.1. The highest BCUT2D eigenvalue weighted by Crippen LogP contribution is 2.36. The predicted octanol–water partition coefficient (Wildman–Crippen LogP) is 3.00. The summed E-state index contributed by atoms with van der Waals surface area (Å²) in [5.41, 5.74) is 8.66. The van der Waals surface area contributed by atoms with E-state index in [0.29, 0.717) is 0 Å². The molecule has 0 radical (unpaired) electrons. The number of nitrogens with two attached hydrogens (primary N) is 1. The van der Waals surface area contributed by atoms with Crippen LogP contribution in [-0.2, 0) is 0 Å². The van der Waals surface area contributed by atoms with E-state index in [1.165, 1.54) is 11.5 Å². The maximum atomic E-state index is 5.98. The molecule has 3 nitrogen and oxygen atoms in total. The van der Waals surface area contributed by atoms with E-state index in [-0.39, 0.29) is 0 Å². The quantitative estimate of drug-likeness (QED) is 0.657. The van der Waals surface area contributed by atoms with Gasteiger partial charge in [-0.2, -0.15) is 0 Å². The van der Waals surface area contributed by atoms with Gasteiger partial charge < -0.3 is 5.73 Å². The fourth-order valence-corrected chi connectivity index (χ4v) is 2.91. The van der Waals surface area contributed by atoms with Crippen LogP contribution in [-0.4, -0.2) is 9.59 Å². The number of benzene rings is 1. The molecule has 0 unspecified atom stereocenters. The fourth-order valence-electron chi connectivity index (χ4n) is 1.55. The Kier molecular flexibility index (Phi) is 1.93. The lowest BCUT2D eigenvalue weighted by Gasteiger charge is -2.02. The van der Waals surface area contributed by atoms with Gasteiger partial charge in [0.1, 0.15) is 5.52 Å². The number of nitrogens with zero attached hydrogens (tertiary/aromatic N) is 2. The minimum atomic E-state index is 0.762. The second-order valence-corrected chi connectivity index (χ2v) is 4.86. The standard InChI is InChI=1S/C10H7N3S2/c11-6-3-4-8-10(12-13-15-8)9(6)7-2-1-5-14-7/h1-5H,11H2. The van der Waals surface area contributed by atoms with Gasteiger partial charge in [-0.15, -0.1) is 16.4 Å². The van der Waals surface area contributed by atoms with Gasteiger partial charge in [-0.1, -0.05) is 10.6 Å². The van der Waals surface area contributed by atoms with Crippen molar-refractivity contribution in [1.29, 1.82) is 0 Å². The number of fused-ring (bicyclic) bond motifs is 1. The van der Waals surface area contributed by atoms with Crippen LogP contribution in [0.1, 0.15) is 0 Å². The first-order valence-electron chi connectivity index (χ1n) is 4.40. The Hall–Kier alpha value is -1.46. The van der Waals surface area contributed by atoms with Gasteiger partial charge in [0.05, 0.1) is 4.70 Å². The SMILES string of the molecule is Nc1ccc2snnc2c1-c1cccs1. The van der Waals surface area contributed by atoms with Crippen LogP contribution < -0.4 is 5.73 Å². The van der Waals surface area contributed by atoms with Gasteiger partial charge >= 0.3 is 0 Å². The van der Waals surface area contributed by atoms with Crippen molar-refractivity contribution in [2.24, 2.45) is 0 Å². The molecule has 2 aromatic heterocycles. The van der Waals surface area contributed by atoms with E-state index in [2.05, 4.69) is 15.7 Å². The van der Waals surface area contributed by atoms with Crippen molar-refractivity contribution in [1.82, 2.24) is 9.59 Å². The second-order valence-electron chi connectivity index (χ2n) is 3.13. The number of hydrogen-bond acceptors (Lipinski definition) is 5. The van der Waals surface area contributed by atoms with Crippen LogP contribution in [0.4, 0.5) is 5.69 Å². The van der Waals surface area contributed by atoms with E-state index in [9.17, 15) is 0 Å². The summed E-state index contributed by atoms with van der Waals surface area (Å²) in [6.45, 7) is 0. The molecule has 2 N–H and O–H groups in total. The molecule has 5 heteroatoms. The van der Waals surface area contributed by atoms with Gasteiger partial charge in [-0.25, -0.2) is 0 Å². The third-order valence-electron chi connectivity index (χ3n) is 2.22. The third kappa shape index (κ3) is 1.32. The van der Waals surface area contributed by atoms with E-state index in [4.69, 9.17) is 5.73 Å². The zero-order chi connectivity index (χ0) is 10.3. The van der Waals surface area contributed by atoms with Crippen molar-refractivity contribution in [3.63, 3.8) is 0 Å². The van der Waals surface area contributed by atoms with E-state index in [0.717, 1.165) is 26.3 Å². The summed E-state index contributed by atoms with van der Waals surface area (Å²) in [5, 5.41) is 6.17. The average molecular weight is 233 g/mol. The van der Waals surface area contributed by atoms with E-state index in [1.807, 2.05) is 23.6 Å². The highest BCUT2D eigenvalue weighted by molar-refractivity contribution is 7.14. The summed E-state index contributed by atoms with van der Waals surface area (Å²) in [4.78, 5) is 1.14. The summed E-state index contributed by atoms with van der Waals surface area (Å²) >= 11 is 3.06. The largest absolute Gasteiger partial charge is 0.398 e. The minimum absolute atomic E-state index is 0.762. The molecular weight excluding hydrogens is 226 g/mol. The lowest BCUT2D eigenvalue weighted by molar-refractivity contribution is 1.20. The Balaban J connectivity index is 2.41. The predicted molar refractivity (Wildman–Crippen MR) is 65.1 cm³/mol. The monoisotopic (exact) mass is 233 g/mol. The number of hydrogen-bond donors (Lipinski definition) is 1. The molecule has 0 aliphatic rings. The van der Waals surface area contributed by atoms with Gasteiger partial charge in [0.15, 0.2) is 0 Å². The number of rotatable bonds is 1. The van der Waals surface area contributed by atoms with Crippen LogP contribution in [0.3, 0.4) is 0 Å². The Morgan fingerprint density at radius 3 is 2.93 bits per heavy atom. The van der Waals surface area contributed by atoms with Crippen molar-refractivity contribution < 1.29 is 0 Å². The van der Waals surface area contributed by atoms with Gasteiger partial charge in [0.2, 0.25) is 0 Å². The molecule has 0 saturated carbocycles. The van der Waals surface area contributed by atoms with Crippen LogP contribution in [0.2, 0.25) is 0 Å². The van der Waals surface area contributed by atoms with Gasteiger partial charge in [-0.05, 0) is 35.1 Å². The van der Waals surface area contributed by atoms with Crippen molar-refractivity contribution in [3.8, 4) is 10.4 Å². The molecule has 0 aliphatic carbocycles. The molecule has 15 heavy (non-hydrogen) atoms. The van der Waals surface area contributed by atoms with Crippen LogP contribution >= 0.6 is 22.9 Å². The summed E-state index contributed by atoms with van der Waals surface area (Å²) in [7, 11) is 0. The molecule has 0 amide bonds. The summed E-state index contributed by atoms with van der Waals surface area (Å²) in [6.07, 6.45) is 0.